The van der Waals surface area contributed by atoms with Crippen LogP contribution >= 0.6 is 0 Å². The lowest BCUT2D eigenvalue weighted by atomic mass is 9.99. The van der Waals surface area contributed by atoms with Gasteiger partial charge in [-0.25, -0.2) is 0 Å². The van der Waals surface area contributed by atoms with Crippen molar-refractivity contribution in [3.05, 3.63) is 95.1 Å². The van der Waals surface area contributed by atoms with Crippen LogP contribution in [0, 0.1) is 0 Å². The van der Waals surface area contributed by atoms with Gasteiger partial charge in [0.05, 0.1) is 30.2 Å². The van der Waals surface area contributed by atoms with Crippen molar-refractivity contribution in [1.82, 2.24) is 10.2 Å². The zero-order valence-corrected chi connectivity index (χ0v) is 29.9. The molecular formula is C40H52N4O7. The Morgan fingerprint density at radius 2 is 1.57 bits per heavy atom. The number of unbranched alkanes of at least 4 members (excludes halogenated alkanes) is 1. The summed E-state index contributed by atoms with van der Waals surface area (Å²) < 4.78 is 18.8. The maximum atomic E-state index is 13.0. The van der Waals surface area contributed by atoms with E-state index in [9.17, 15) is 19.5 Å². The molecule has 4 unspecified atom stereocenters. The van der Waals surface area contributed by atoms with E-state index in [4.69, 9.17) is 19.9 Å². The number of hydrogen-bond acceptors (Lipinski definition) is 9. The third-order valence-corrected chi connectivity index (χ3v) is 9.13. The Morgan fingerprint density at radius 3 is 2.25 bits per heavy atom. The molecule has 5 rings (SSSR count). The molecule has 3 aromatic carbocycles. The van der Waals surface area contributed by atoms with E-state index in [2.05, 4.69) is 15.5 Å². The fourth-order valence-electron chi connectivity index (χ4n) is 6.45. The van der Waals surface area contributed by atoms with Crippen LogP contribution < -0.4 is 16.4 Å². The number of hydrogen-bond donors (Lipinski definition) is 4. The van der Waals surface area contributed by atoms with Gasteiger partial charge in [-0.1, -0.05) is 60.7 Å². The molecule has 3 aromatic rings. The summed E-state index contributed by atoms with van der Waals surface area (Å²) in [6.07, 6.45) is 3.05. The highest BCUT2D eigenvalue weighted by atomic mass is 16.7. The van der Waals surface area contributed by atoms with Gasteiger partial charge in [0.15, 0.2) is 6.29 Å². The Kier molecular flexibility index (Phi) is 13.2. The number of amides is 2. The minimum atomic E-state index is -0.631. The van der Waals surface area contributed by atoms with E-state index in [0.29, 0.717) is 56.6 Å². The zero-order chi connectivity index (χ0) is 36.4. The summed E-state index contributed by atoms with van der Waals surface area (Å²) in [5.41, 5.74) is 10.1. The number of nitrogens with one attached hydrogen (secondary N) is 2. The number of ether oxygens (including phenoxy) is 3. The molecule has 2 amide bonds. The van der Waals surface area contributed by atoms with Crippen LogP contribution in [0.3, 0.4) is 0 Å². The lowest BCUT2D eigenvalue weighted by molar-refractivity contribution is -0.253. The molecule has 0 aliphatic carbocycles. The number of para-hydroxylation sites is 2. The summed E-state index contributed by atoms with van der Waals surface area (Å²) in [6.45, 7) is 7.38. The van der Waals surface area contributed by atoms with Crippen molar-refractivity contribution >= 4 is 29.2 Å². The number of carbonyl (C=O) groups is 3. The highest BCUT2D eigenvalue weighted by Gasteiger charge is 2.39. The van der Waals surface area contributed by atoms with Crippen molar-refractivity contribution in [2.45, 2.75) is 109 Å². The number of esters is 1. The van der Waals surface area contributed by atoms with Crippen LogP contribution in [-0.4, -0.2) is 58.6 Å². The van der Waals surface area contributed by atoms with Crippen LogP contribution in [0.15, 0.2) is 72.8 Å². The largest absolute Gasteiger partial charge is 0.459 e. The summed E-state index contributed by atoms with van der Waals surface area (Å²) in [7, 11) is 0. The van der Waals surface area contributed by atoms with Crippen molar-refractivity contribution in [2.75, 3.05) is 24.1 Å². The summed E-state index contributed by atoms with van der Waals surface area (Å²) in [5.74, 6) is -0.396. The molecule has 0 aromatic heterocycles. The van der Waals surface area contributed by atoms with Crippen LogP contribution in [0.1, 0.15) is 100 Å². The fourth-order valence-corrected chi connectivity index (χ4v) is 6.45. The lowest BCUT2D eigenvalue weighted by Crippen LogP contribution is -2.45. The van der Waals surface area contributed by atoms with Gasteiger partial charge in [0, 0.05) is 37.9 Å². The summed E-state index contributed by atoms with van der Waals surface area (Å²) in [4.78, 5) is 40.0. The van der Waals surface area contributed by atoms with Crippen LogP contribution in [0.2, 0.25) is 0 Å². The van der Waals surface area contributed by atoms with Gasteiger partial charge in [-0.2, -0.15) is 0 Å². The third-order valence-electron chi connectivity index (χ3n) is 9.13. The molecule has 2 aliphatic rings. The summed E-state index contributed by atoms with van der Waals surface area (Å²) in [5, 5.41) is 15.3. The van der Waals surface area contributed by atoms with Crippen molar-refractivity contribution in [2.24, 2.45) is 0 Å². The number of aliphatic hydroxyl groups is 1. The normalized spacial score (nSPS) is 20.9. The SMILES string of the molecule is CC(C)(C)OC(=O)C1CCCN1CC1CC(c2ccc(CO)cc2)OC(c2ccc(CNC(=O)CCCCC(=O)Nc3ccccc3N)cc2)O1. The second-order valence-corrected chi connectivity index (χ2v) is 14.4. The molecule has 2 aliphatic heterocycles. The van der Waals surface area contributed by atoms with Crippen molar-refractivity contribution in [1.29, 1.82) is 0 Å². The number of likely N-dealkylation sites (tertiary alicyclic amines) is 1. The molecule has 5 N–H and O–H groups in total. The minimum Gasteiger partial charge on any atom is -0.459 e. The first-order chi connectivity index (χ1) is 24.5. The molecule has 4 atom stereocenters. The topological polar surface area (TPSA) is 152 Å². The van der Waals surface area contributed by atoms with Gasteiger partial charge in [-0.15, -0.1) is 0 Å². The van der Waals surface area contributed by atoms with Crippen molar-refractivity contribution in [3.8, 4) is 0 Å². The average Bonchev–Trinajstić information content (AvgIpc) is 3.58. The van der Waals surface area contributed by atoms with Crippen LogP contribution in [-0.2, 0) is 41.7 Å². The number of nitrogens with two attached hydrogens (primary N) is 1. The second-order valence-electron chi connectivity index (χ2n) is 14.4. The van der Waals surface area contributed by atoms with Crippen molar-refractivity contribution in [3.63, 3.8) is 0 Å². The number of benzene rings is 3. The Balaban J connectivity index is 1.14. The number of nitrogens with zero attached hydrogens (tertiary/aromatic N) is 1. The van der Waals surface area contributed by atoms with Gasteiger partial charge in [-0.3, -0.25) is 19.3 Å². The third kappa shape index (κ3) is 11.4. The Bertz CT molecular complexity index is 1610. The van der Waals surface area contributed by atoms with E-state index < -0.39 is 11.9 Å². The predicted octanol–water partition coefficient (Wildman–Crippen LogP) is 5.93. The first kappa shape index (κ1) is 38.0. The molecule has 274 valence electrons. The van der Waals surface area contributed by atoms with Gasteiger partial charge in [0.1, 0.15) is 11.6 Å². The molecule has 0 radical (unpaired) electrons. The van der Waals surface area contributed by atoms with E-state index >= 15 is 0 Å². The Hall–Kier alpha value is -4.29. The van der Waals surface area contributed by atoms with E-state index in [0.717, 1.165) is 41.6 Å². The van der Waals surface area contributed by atoms with Gasteiger partial charge in [0.2, 0.25) is 11.8 Å². The van der Waals surface area contributed by atoms with Crippen molar-refractivity contribution < 1.29 is 33.7 Å². The molecular weight excluding hydrogens is 648 g/mol. The van der Waals surface area contributed by atoms with Crippen LogP contribution in [0.4, 0.5) is 11.4 Å². The first-order valence-corrected chi connectivity index (χ1v) is 17.9. The molecule has 2 heterocycles. The maximum absolute atomic E-state index is 13.0. The van der Waals surface area contributed by atoms with Crippen LogP contribution in [0.5, 0.6) is 0 Å². The number of aliphatic hydroxyl groups excluding tert-OH is 1. The standard InChI is InChI=1S/C40H52N4O7/c1-40(2,3)51-38(48)34-11-8-22-44(34)25-31-23-35(29-18-16-28(26-45)17-19-29)50-39(49-31)30-20-14-27(15-21-30)24-42-36(46)12-6-7-13-37(47)43-33-10-5-4-9-32(33)41/h4-5,9-10,14-21,31,34-35,39,45H,6-8,11-13,22-26,41H2,1-3H3,(H,42,46)(H,43,47). The molecule has 51 heavy (non-hydrogen) atoms. The molecule has 0 bridgehead atoms. The van der Waals surface area contributed by atoms with Gasteiger partial charge in [0.25, 0.3) is 0 Å². The van der Waals surface area contributed by atoms with E-state index in [1.165, 1.54) is 0 Å². The number of nitrogen functional groups attached to an aromatic ring is 1. The Labute approximate surface area is 300 Å². The predicted molar refractivity (Wildman–Crippen MR) is 195 cm³/mol. The number of rotatable bonds is 14. The van der Waals surface area contributed by atoms with E-state index in [-0.39, 0.29) is 42.6 Å². The smallest absolute Gasteiger partial charge is 0.323 e. The molecule has 0 spiro atoms. The first-order valence-electron chi connectivity index (χ1n) is 17.9. The summed E-state index contributed by atoms with van der Waals surface area (Å²) >= 11 is 0. The summed E-state index contributed by atoms with van der Waals surface area (Å²) in [6, 6.07) is 22.4. The van der Waals surface area contributed by atoms with Crippen LogP contribution in [0.25, 0.3) is 0 Å². The molecule has 11 heteroatoms. The van der Waals surface area contributed by atoms with E-state index in [1.54, 1.807) is 12.1 Å². The van der Waals surface area contributed by atoms with Gasteiger partial charge < -0.3 is 35.7 Å². The van der Waals surface area contributed by atoms with Gasteiger partial charge >= 0.3 is 5.97 Å². The quantitative estimate of drug-likeness (QED) is 0.0911. The lowest BCUT2D eigenvalue weighted by Gasteiger charge is -2.38. The molecule has 11 nitrogen and oxygen atoms in total. The maximum Gasteiger partial charge on any atom is 0.323 e. The van der Waals surface area contributed by atoms with E-state index in [1.807, 2.05) is 81.4 Å². The number of carbonyl (C=O) groups excluding carboxylic acids is 3. The highest BCUT2D eigenvalue weighted by Crippen LogP contribution is 2.39. The molecule has 0 saturated carbocycles. The average molecular weight is 701 g/mol. The number of anilines is 2. The fraction of sp³-hybridized carbons (Fsp3) is 0.475. The monoisotopic (exact) mass is 700 g/mol. The minimum absolute atomic E-state index is 0.0296. The van der Waals surface area contributed by atoms with Gasteiger partial charge in [-0.05, 0) is 81.8 Å². The second kappa shape index (κ2) is 17.8. The molecule has 2 saturated heterocycles. The Morgan fingerprint density at radius 1 is 0.902 bits per heavy atom. The molecule has 2 fully saturated rings. The highest BCUT2D eigenvalue weighted by molar-refractivity contribution is 5.93. The zero-order valence-electron chi connectivity index (χ0n) is 29.9.